The largest absolute Gasteiger partial charge is 0.548 e. The Labute approximate surface area is 143 Å². The third-order valence-corrected chi connectivity index (χ3v) is 4.21. The van der Waals surface area contributed by atoms with Crippen LogP contribution in [0.2, 0.25) is 0 Å². The Bertz CT molecular complexity index is 708. The van der Waals surface area contributed by atoms with Gasteiger partial charge in [0.2, 0.25) is 5.91 Å². The SMILES string of the molecule is O=C(NN1CCC(=O)N2CCC[C@@H](C(=O)[O-])N2C1=O)c1ccccc1. The molecule has 0 saturated carbocycles. The first-order chi connectivity index (χ1) is 12.0. The van der Waals surface area contributed by atoms with Gasteiger partial charge in [-0.2, -0.15) is 0 Å². The average molecular weight is 345 g/mol. The van der Waals surface area contributed by atoms with E-state index < -0.39 is 23.9 Å². The van der Waals surface area contributed by atoms with E-state index in [0.29, 0.717) is 12.0 Å². The molecule has 0 radical (unpaired) electrons. The summed E-state index contributed by atoms with van der Waals surface area (Å²) in [5.74, 6) is -2.31. The zero-order valence-electron chi connectivity index (χ0n) is 13.4. The van der Waals surface area contributed by atoms with E-state index in [4.69, 9.17) is 0 Å². The van der Waals surface area contributed by atoms with Gasteiger partial charge in [0.1, 0.15) is 0 Å². The zero-order chi connectivity index (χ0) is 18.0. The molecule has 9 nitrogen and oxygen atoms in total. The number of carboxylic acids is 1. The first-order valence-electron chi connectivity index (χ1n) is 7.97. The summed E-state index contributed by atoms with van der Waals surface area (Å²) < 4.78 is 0. The van der Waals surface area contributed by atoms with Crippen LogP contribution in [0.3, 0.4) is 0 Å². The maximum Gasteiger partial charge on any atom is 0.358 e. The number of nitrogens with zero attached hydrogens (tertiary/aromatic N) is 3. The summed E-state index contributed by atoms with van der Waals surface area (Å²) in [6.07, 6.45) is 0.639. The van der Waals surface area contributed by atoms with E-state index in [1.165, 1.54) is 0 Å². The number of carbonyl (C=O) groups excluding carboxylic acids is 4. The zero-order valence-corrected chi connectivity index (χ0v) is 13.4. The lowest BCUT2D eigenvalue weighted by molar-refractivity contribution is -0.314. The highest BCUT2D eigenvalue weighted by molar-refractivity contribution is 5.96. The lowest BCUT2D eigenvalue weighted by Crippen LogP contribution is -2.64. The first kappa shape index (κ1) is 16.7. The quantitative estimate of drug-likeness (QED) is 0.764. The summed E-state index contributed by atoms with van der Waals surface area (Å²) in [6, 6.07) is 6.29. The number of nitrogens with one attached hydrogen (secondary N) is 1. The molecule has 0 unspecified atom stereocenters. The summed E-state index contributed by atoms with van der Waals surface area (Å²) in [4.78, 5) is 48.7. The molecule has 2 aliphatic rings. The highest BCUT2D eigenvalue weighted by Gasteiger charge is 2.41. The lowest BCUT2D eigenvalue weighted by atomic mass is 10.1. The van der Waals surface area contributed by atoms with Crippen molar-refractivity contribution in [3.63, 3.8) is 0 Å². The smallest absolute Gasteiger partial charge is 0.358 e. The molecule has 0 bridgehead atoms. The monoisotopic (exact) mass is 345 g/mol. The lowest BCUT2D eigenvalue weighted by Gasteiger charge is -2.43. The minimum Gasteiger partial charge on any atom is -0.548 e. The van der Waals surface area contributed by atoms with Crippen LogP contribution in [0.5, 0.6) is 0 Å². The van der Waals surface area contributed by atoms with Gasteiger partial charge in [0, 0.05) is 18.5 Å². The average Bonchev–Trinajstić information content (AvgIpc) is 2.74. The van der Waals surface area contributed by atoms with Crippen LogP contribution in [0, 0.1) is 0 Å². The molecule has 2 saturated heterocycles. The third-order valence-electron chi connectivity index (χ3n) is 4.21. The molecule has 1 aromatic carbocycles. The highest BCUT2D eigenvalue weighted by atomic mass is 16.4. The molecule has 1 aromatic rings. The van der Waals surface area contributed by atoms with E-state index in [2.05, 4.69) is 5.43 Å². The van der Waals surface area contributed by atoms with Gasteiger partial charge in [-0.3, -0.25) is 15.0 Å². The number of hydrazine groups is 2. The Morgan fingerprint density at radius 1 is 1.12 bits per heavy atom. The van der Waals surface area contributed by atoms with Crippen LogP contribution in [-0.4, -0.2) is 58.0 Å². The fourth-order valence-electron chi connectivity index (χ4n) is 2.97. The van der Waals surface area contributed by atoms with E-state index in [1.807, 2.05) is 0 Å². The van der Waals surface area contributed by atoms with Crippen molar-refractivity contribution in [3.05, 3.63) is 35.9 Å². The van der Waals surface area contributed by atoms with Crippen molar-refractivity contribution in [2.24, 2.45) is 0 Å². The van der Waals surface area contributed by atoms with E-state index in [0.717, 1.165) is 15.0 Å². The minimum atomic E-state index is -1.43. The standard InChI is InChI=1S/C16H18N4O5/c21-13-8-10-18(17-14(22)11-5-2-1-3-6-11)16(25)20-12(15(23)24)7-4-9-19(13)20/h1-3,5-6,12H,4,7-10H2,(H,17,22)(H,23,24)/p-1/t12-/m0/s1. The number of hydrogen-bond acceptors (Lipinski definition) is 5. The van der Waals surface area contributed by atoms with Crippen molar-refractivity contribution in [1.29, 1.82) is 0 Å². The third kappa shape index (κ3) is 3.25. The van der Waals surface area contributed by atoms with Crippen LogP contribution in [-0.2, 0) is 9.59 Å². The van der Waals surface area contributed by atoms with Crippen LogP contribution in [0.25, 0.3) is 0 Å². The van der Waals surface area contributed by atoms with E-state index in [-0.39, 0.29) is 31.8 Å². The normalized spacial score (nSPS) is 20.8. The number of hydrogen-bond donors (Lipinski definition) is 1. The Morgan fingerprint density at radius 3 is 2.52 bits per heavy atom. The maximum absolute atomic E-state index is 12.8. The molecular weight excluding hydrogens is 328 g/mol. The molecule has 0 aromatic heterocycles. The van der Waals surface area contributed by atoms with Crippen LogP contribution in [0.4, 0.5) is 4.79 Å². The second kappa shape index (κ2) is 6.80. The second-order valence-corrected chi connectivity index (χ2v) is 5.83. The highest BCUT2D eigenvalue weighted by Crippen LogP contribution is 2.23. The van der Waals surface area contributed by atoms with Gasteiger partial charge in [0.15, 0.2) is 0 Å². The van der Waals surface area contributed by atoms with Gasteiger partial charge in [-0.1, -0.05) is 18.2 Å². The topological polar surface area (TPSA) is 113 Å². The number of aliphatic carboxylic acids is 1. The predicted molar refractivity (Wildman–Crippen MR) is 82.2 cm³/mol. The van der Waals surface area contributed by atoms with Crippen molar-refractivity contribution < 1.29 is 24.3 Å². The molecule has 2 heterocycles. The number of carboxylic acid groups (broad SMARTS) is 1. The fourth-order valence-corrected chi connectivity index (χ4v) is 2.97. The molecule has 2 fully saturated rings. The summed E-state index contributed by atoms with van der Waals surface area (Å²) in [6.45, 7) is 0.220. The number of urea groups is 1. The van der Waals surface area contributed by atoms with Crippen LogP contribution in [0.1, 0.15) is 29.6 Å². The van der Waals surface area contributed by atoms with Gasteiger partial charge in [0.05, 0.1) is 18.6 Å². The molecule has 25 heavy (non-hydrogen) atoms. The number of rotatable bonds is 3. The maximum atomic E-state index is 12.8. The van der Waals surface area contributed by atoms with Crippen LogP contribution in [0.15, 0.2) is 30.3 Å². The van der Waals surface area contributed by atoms with Gasteiger partial charge >= 0.3 is 6.03 Å². The van der Waals surface area contributed by atoms with Crippen molar-refractivity contribution in [2.75, 3.05) is 13.1 Å². The van der Waals surface area contributed by atoms with E-state index in [1.54, 1.807) is 30.3 Å². The summed E-state index contributed by atoms with van der Waals surface area (Å²) in [5.41, 5.74) is 2.79. The van der Waals surface area contributed by atoms with E-state index in [9.17, 15) is 24.3 Å². The van der Waals surface area contributed by atoms with Gasteiger partial charge < -0.3 is 9.90 Å². The molecule has 0 spiro atoms. The number of carbonyl (C=O) groups is 4. The molecule has 9 heteroatoms. The number of benzene rings is 1. The van der Waals surface area contributed by atoms with Crippen molar-refractivity contribution in [1.82, 2.24) is 20.5 Å². The predicted octanol–water partition coefficient (Wildman–Crippen LogP) is -0.885. The minimum absolute atomic E-state index is 0.0168. The molecule has 2 aliphatic heterocycles. The van der Waals surface area contributed by atoms with Crippen LogP contribution >= 0.6 is 0 Å². The summed E-state index contributed by atoms with van der Waals surface area (Å²) in [5, 5.41) is 14.4. The molecule has 1 atom stereocenters. The Hall–Kier alpha value is -3.10. The van der Waals surface area contributed by atoms with Gasteiger partial charge in [0.25, 0.3) is 5.91 Å². The Kier molecular flexibility index (Phi) is 4.55. The van der Waals surface area contributed by atoms with Crippen LogP contribution < -0.4 is 10.5 Å². The first-order valence-corrected chi connectivity index (χ1v) is 7.97. The summed E-state index contributed by atoms with van der Waals surface area (Å²) in [7, 11) is 0. The molecular formula is C16H17N4O5-. The van der Waals surface area contributed by atoms with Crippen molar-refractivity contribution >= 4 is 23.8 Å². The Balaban J connectivity index is 1.83. The van der Waals surface area contributed by atoms with Gasteiger partial charge in [-0.05, 0) is 25.0 Å². The molecule has 1 N–H and O–H groups in total. The second-order valence-electron chi connectivity index (χ2n) is 5.83. The molecule has 0 aliphatic carbocycles. The van der Waals surface area contributed by atoms with E-state index >= 15 is 0 Å². The number of amides is 4. The fraction of sp³-hybridized carbons (Fsp3) is 0.375. The van der Waals surface area contributed by atoms with Crippen molar-refractivity contribution in [3.8, 4) is 0 Å². The summed E-state index contributed by atoms with van der Waals surface area (Å²) >= 11 is 0. The Morgan fingerprint density at radius 2 is 1.84 bits per heavy atom. The molecule has 4 amide bonds. The van der Waals surface area contributed by atoms with Gasteiger partial charge in [-0.15, -0.1) is 0 Å². The van der Waals surface area contributed by atoms with Crippen molar-refractivity contribution in [2.45, 2.75) is 25.3 Å². The van der Waals surface area contributed by atoms with Gasteiger partial charge in [-0.25, -0.2) is 19.8 Å². The molecule has 132 valence electrons. The number of fused-ring (bicyclic) bond motifs is 1. The molecule has 3 rings (SSSR count).